The maximum atomic E-state index is 12.3. The van der Waals surface area contributed by atoms with Crippen LogP contribution in [-0.2, 0) is 22.4 Å². The van der Waals surface area contributed by atoms with E-state index in [-0.39, 0.29) is 11.8 Å². The number of para-hydroxylation sites is 2. The second-order valence-corrected chi connectivity index (χ2v) is 8.28. The van der Waals surface area contributed by atoms with E-state index in [2.05, 4.69) is 20.6 Å². The van der Waals surface area contributed by atoms with Crippen LogP contribution in [0.15, 0.2) is 60.9 Å². The van der Waals surface area contributed by atoms with E-state index in [1.54, 1.807) is 0 Å². The number of amides is 2. The highest BCUT2D eigenvalue weighted by Gasteiger charge is 2.17. The van der Waals surface area contributed by atoms with Gasteiger partial charge in [-0.3, -0.25) is 9.59 Å². The topological polar surface area (TPSA) is 142 Å². The van der Waals surface area contributed by atoms with Crippen LogP contribution in [0.3, 0.4) is 0 Å². The summed E-state index contributed by atoms with van der Waals surface area (Å²) in [6, 6.07) is 14.6. The molecule has 0 saturated carbocycles. The maximum absolute atomic E-state index is 12.3. The van der Waals surface area contributed by atoms with Crippen LogP contribution in [0.25, 0.3) is 21.8 Å². The van der Waals surface area contributed by atoms with Gasteiger partial charge in [-0.1, -0.05) is 36.4 Å². The molecule has 2 aromatic carbocycles. The minimum Gasteiger partial charge on any atom is -0.361 e. The molecule has 4 rings (SSSR count). The van der Waals surface area contributed by atoms with Crippen molar-refractivity contribution in [2.45, 2.75) is 31.3 Å². The summed E-state index contributed by atoms with van der Waals surface area (Å²) in [5, 5.41) is 7.84. The highest BCUT2D eigenvalue weighted by molar-refractivity contribution is 5.87. The van der Waals surface area contributed by atoms with Crippen molar-refractivity contribution in [3.05, 3.63) is 72.1 Å². The molecule has 4 aromatic rings. The number of carbonyl (C=O) groups is 2. The Morgan fingerprint density at radius 3 is 1.61 bits per heavy atom. The molecule has 0 fully saturated rings. The van der Waals surface area contributed by atoms with Crippen molar-refractivity contribution in [3.63, 3.8) is 0 Å². The number of carbonyl (C=O) groups excluding carboxylic acids is 2. The van der Waals surface area contributed by atoms with Gasteiger partial charge < -0.3 is 32.1 Å². The molecule has 33 heavy (non-hydrogen) atoms. The van der Waals surface area contributed by atoms with E-state index in [0.717, 1.165) is 32.9 Å². The number of nitrogens with one attached hydrogen (secondary N) is 4. The Kier molecular flexibility index (Phi) is 7.07. The molecular weight excluding hydrogens is 416 g/mol. The van der Waals surface area contributed by atoms with E-state index in [9.17, 15) is 9.59 Å². The van der Waals surface area contributed by atoms with Gasteiger partial charge in [-0.25, -0.2) is 0 Å². The summed E-state index contributed by atoms with van der Waals surface area (Å²) in [7, 11) is 0. The van der Waals surface area contributed by atoms with Crippen LogP contribution in [0.4, 0.5) is 0 Å². The zero-order valence-electron chi connectivity index (χ0n) is 18.4. The summed E-state index contributed by atoms with van der Waals surface area (Å²) >= 11 is 0. The molecule has 8 N–H and O–H groups in total. The fourth-order valence-electron chi connectivity index (χ4n) is 4.03. The number of rotatable bonds is 10. The van der Waals surface area contributed by atoms with E-state index in [1.165, 1.54) is 0 Å². The van der Waals surface area contributed by atoms with Gasteiger partial charge >= 0.3 is 0 Å². The zero-order chi connectivity index (χ0) is 23.2. The lowest BCUT2D eigenvalue weighted by Gasteiger charge is -2.14. The summed E-state index contributed by atoms with van der Waals surface area (Å²) in [5.74, 6) is -0.412. The number of nitrogens with two attached hydrogens (primary N) is 2. The lowest BCUT2D eigenvalue weighted by molar-refractivity contribution is -0.122. The number of aromatic nitrogens is 2. The van der Waals surface area contributed by atoms with Gasteiger partial charge in [0.25, 0.3) is 0 Å². The molecule has 172 valence electrons. The van der Waals surface area contributed by atoms with Crippen LogP contribution < -0.4 is 22.1 Å². The van der Waals surface area contributed by atoms with E-state index in [4.69, 9.17) is 11.5 Å². The molecule has 2 unspecified atom stereocenters. The molecule has 0 aliphatic carbocycles. The highest BCUT2D eigenvalue weighted by Crippen LogP contribution is 2.19. The molecule has 0 aliphatic rings. The molecule has 0 aliphatic heterocycles. The van der Waals surface area contributed by atoms with Crippen LogP contribution in [0.2, 0.25) is 0 Å². The van der Waals surface area contributed by atoms with Crippen molar-refractivity contribution in [2.75, 3.05) is 13.1 Å². The molecule has 2 heterocycles. The quantitative estimate of drug-likeness (QED) is 0.206. The summed E-state index contributed by atoms with van der Waals surface area (Å²) in [5.41, 5.74) is 16.3. The highest BCUT2D eigenvalue weighted by atomic mass is 16.2. The van der Waals surface area contributed by atoms with Crippen molar-refractivity contribution in [1.29, 1.82) is 0 Å². The summed E-state index contributed by atoms with van der Waals surface area (Å²) in [6.45, 7) is 0.858. The Hall–Kier alpha value is -3.62. The Balaban J connectivity index is 1.16. The van der Waals surface area contributed by atoms with Gasteiger partial charge in [0.15, 0.2) is 0 Å². The minimum absolute atomic E-state index is 0.206. The summed E-state index contributed by atoms with van der Waals surface area (Å²) in [4.78, 5) is 31.1. The average molecular weight is 447 g/mol. The number of H-pyrrole nitrogens is 2. The van der Waals surface area contributed by atoms with Gasteiger partial charge in [0.2, 0.25) is 11.8 Å². The Morgan fingerprint density at radius 2 is 1.15 bits per heavy atom. The molecular formula is C25H30N6O2. The van der Waals surface area contributed by atoms with Crippen LogP contribution in [0, 0.1) is 0 Å². The summed E-state index contributed by atoms with van der Waals surface area (Å²) in [6.07, 6.45) is 5.29. The van der Waals surface area contributed by atoms with Gasteiger partial charge in [-0.15, -0.1) is 0 Å². The third-order valence-corrected chi connectivity index (χ3v) is 5.86. The van der Waals surface area contributed by atoms with Crippen molar-refractivity contribution >= 4 is 33.6 Å². The predicted octanol–water partition coefficient (Wildman–Crippen LogP) is 1.71. The second kappa shape index (κ2) is 10.3. The maximum Gasteiger partial charge on any atom is 0.237 e. The SMILES string of the molecule is NC(Cc1c[nH]c2ccccc12)C(=O)NCCCNC(=O)C(N)Cc1c[nH]c2ccccc12. The van der Waals surface area contributed by atoms with Gasteiger partial charge in [0.1, 0.15) is 0 Å². The molecule has 0 bridgehead atoms. The Labute approximate surface area is 192 Å². The Morgan fingerprint density at radius 1 is 0.727 bits per heavy atom. The van der Waals surface area contributed by atoms with Crippen molar-refractivity contribution in [2.24, 2.45) is 11.5 Å². The smallest absolute Gasteiger partial charge is 0.237 e. The van der Waals surface area contributed by atoms with Crippen molar-refractivity contribution in [1.82, 2.24) is 20.6 Å². The van der Waals surface area contributed by atoms with Crippen LogP contribution in [0.1, 0.15) is 17.5 Å². The monoisotopic (exact) mass is 446 g/mol. The van der Waals surface area contributed by atoms with Gasteiger partial charge in [-0.05, 0) is 42.5 Å². The molecule has 2 amide bonds. The van der Waals surface area contributed by atoms with E-state index in [1.807, 2.05) is 60.9 Å². The fourth-order valence-corrected chi connectivity index (χ4v) is 4.03. The van der Waals surface area contributed by atoms with Crippen molar-refractivity contribution < 1.29 is 9.59 Å². The molecule has 0 radical (unpaired) electrons. The number of fused-ring (bicyclic) bond motifs is 2. The van der Waals surface area contributed by atoms with E-state index < -0.39 is 12.1 Å². The van der Waals surface area contributed by atoms with Crippen molar-refractivity contribution in [3.8, 4) is 0 Å². The standard InChI is InChI=1S/C25H30N6O2/c26-20(12-16-14-30-22-8-3-1-6-18(16)22)24(32)28-10-5-11-29-25(33)21(27)13-17-15-31-23-9-4-2-7-19(17)23/h1-4,6-9,14-15,20-21,30-31H,5,10-13,26-27H2,(H,28,32)(H,29,33). The normalized spacial score (nSPS) is 13.2. The molecule has 2 atom stereocenters. The third kappa shape index (κ3) is 5.42. The number of hydrogen-bond acceptors (Lipinski definition) is 4. The van der Waals surface area contributed by atoms with Gasteiger partial charge in [0.05, 0.1) is 12.1 Å². The van der Waals surface area contributed by atoms with Crippen LogP contribution in [0.5, 0.6) is 0 Å². The van der Waals surface area contributed by atoms with Crippen LogP contribution in [-0.4, -0.2) is 47.0 Å². The first kappa shape index (κ1) is 22.6. The predicted molar refractivity (Wildman–Crippen MR) is 131 cm³/mol. The lowest BCUT2D eigenvalue weighted by atomic mass is 10.0. The summed E-state index contributed by atoms with van der Waals surface area (Å²) < 4.78 is 0. The van der Waals surface area contributed by atoms with Gasteiger partial charge in [0, 0.05) is 47.3 Å². The third-order valence-electron chi connectivity index (χ3n) is 5.86. The number of hydrogen-bond donors (Lipinski definition) is 6. The molecule has 2 aromatic heterocycles. The Bertz CT molecular complexity index is 1150. The lowest BCUT2D eigenvalue weighted by Crippen LogP contribution is -2.44. The largest absolute Gasteiger partial charge is 0.361 e. The number of benzene rings is 2. The average Bonchev–Trinajstić information content (AvgIpc) is 3.43. The van der Waals surface area contributed by atoms with E-state index >= 15 is 0 Å². The molecule has 0 spiro atoms. The minimum atomic E-state index is -0.636. The first-order valence-electron chi connectivity index (χ1n) is 11.2. The van der Waals surface area contributed by atoms with Crippen LogP contribution >= 0.6 is 0 Å². The van der Waals surface area contributed by atoms with Gasteiger partial charge in [-0.2, -0.15) is 0 Å². The molecule has 0 saturated heterocycles. The first-order valence-corrected chi connectivity index (χ1v) is 11.2. The van der Waals surface area contributed by atoms with E-state index in [0.29, 0.717) is 32.4 Å². The molecule has 8 heteroatoms. The number of aromatic amines is 2. The molecule has 8 nitrogen and oxygen atoms in total. The first-order chi connectivity index (χ1) is 16.0. The second-order valence-electron chi connectivity index (χ2n) is 8.28. The fraction of sp³-hybridized carbons (Fsp3) is 0.280. The zero-order valence-corrected chi connectivity index (χ0v) is 18.4.